The molecule has 2 heterocycles. The van der Waals surface area contributed by atoms with Crippen LogP contribution in [0.1, 0.15) is 98.5 Å². The Labute approximate surface area is 396 Å². The third kappa shape index (κ3) is 12.5. The van der Waals surface area contributed by atoms with Crippen molar-refractivity contribution in [3.05, 3.63) is 121 Å². The van der Waals surface area contributed by atoms with Crippen molar-refractivity contribution < 1.29 is 37.9 Å². The SMILES string of the molecule is CC[C@]1(C)NC(=O)[C@H](CCCCCC(=O)[C@H](C)O[Si](c2ccccc2)(c2ccccc2)C(C)(C)C)NC(=O)[C@H]2CCCN2C(=O)[C@H](Cc2ccc(OCC(=O)Nc3ccccc3)cc2)NC1=O. The number of anilines is 1. The second-order valence-corrected chi connectivity index (χ2v) is 23.2. The summed E-state index contributed by atoms with van der Waals surface area (Å²) >= 11 is 0. The number of carbonyl (C=O) groups excluding carboxylic acids is 6. The van der Waals surface area contributed by atoms with Gasteiger partial charge in [0, 0.05) is 25.1 Å². The summed E-state index contributed by atoms with van der Waals surface area (Å²) in [5, 5.41) is 13.5. The maximum absolute atomic E-state index is 14.3. The summed E-state index contributed by atoms with van der Waals surface area (Å²) in [6.45, 7) is 11.9. The van der Waals surface area contributed by atoms with E-state index in [0.717, 1.165) is 15.9 Å². The largest absolute Gasteiger partial charge is 0.484 e. The number of ketones is 1. The average molecular weight is 930 g/mol. The third-order valence-electron chi connectivity index (χ3n) is 13.1. The van der Waals surface area contributed by atoms with Gasteiger partial charge in [-0.25, -0.2) is 0 Å². The number of unbranched alkanes of at least 4 members (excludes halogenated alkanes) is 2. The summed E-state index contributed by atoms with van der Waals surface area (Å²) in [6, 6.07) is 33.6. The molecular formula is C53H67N5O8Si. The van der Waals surface area contributed by atoms with Crippen LogP contribution in [0.25, 0.3) is 0 Å². The minimum absolute atomic E-state index is 0.00528. The zero-order valence-electron chi connectivity index (χ0n) is 39.8. The molecule has 356 valence electrons. The van der Waals surface area contributed by atoms with E-state index < -0.39 is 55.8 Å². The molecule has 14 heteroatoms. The molecule has 5 atom stereocenters. The van der Waals surface area contributed by atoms with Crippen LogP contribution < -0.4 is 36.4 Å². The van der Waals surface area contributed by atoms with E-state index in [-0.39, 0.29) is 48.5 Å². The highest BCUT2D eigenvalue weighted by atomic mass is 28.4. The molecule has 0 aromatic heterocycles. The van der Waals surface area contributed by atoms with Crippen LogP contribution in [0.15, 0.2) is 115 Å². The van der Waals surface area contributed by atoms with Gasteiger partial charge in [-0.05, 0) is 91.2 Å². The predicted octanol–water partition coefficient (Wildman–Crippen LogP) is 5.99. The summed E-state index contributed by atoms with van der Waals surface area (Å²) in [6.07, 6.45) is 2.99. The molecule has 0 spiro atoms. The number of benzene rings is 4. The number of carbonyl (C=O) groups is 6. The molecule has 0 aliphatic carbocycles. The Morgan fingerprint density at radius 2 is 1.42 bits per heavy atom. The van der Waals surface area contributed by atoms with Crippen LogP contribution in [0.3, 0.4) is 0 Å². The predicted molar refractivity (Wildman–Crippen MR) is 262 cm³/mol. The van der Waals surface area contributed by atoms with Gasteiger partial charge in [-0.3, -0.25) is 28.8 Å². The number of fused-ring (bicyclic) bond motifs is 1. The van der Waals surface area contributed by atoms with Gasteiger partial charge in [0.15, 0.2) is 12.4 Å². The molecule has 0 unspecified atom stereocenters. The van der Waals surface area contributed by atoms with E-state index >= 15 is 0 Å². The number of rotatable bonds is 18. The number of hydrogen-bond donors (Lipinski definition) is 4. The lowest BCUT2D eigenvalue weighted by molar-refractivity contribution is -0.144. The number of hydrogen-bond acceptors (Lipinski definition) is 8. The minimum Gasteiger partial charge on any atom is -0.484 e. The first-order chi connectivity index (χ1) is 32.0. The van der Waals surface area contributed by atoms with Crippen LogP contribution in [0.5, 0.6) is 5.75 Å². The first kappa shape index (κ1) is 50.3. The van der Waals surface area contributed by atoms with Crippen LogP contribution in [0.2, 0.25) is 5.04 Å². The monoisotopic (exact) mass is 929 g/mol. The van der Waals surface area contributed by atoms with Gasteiger partial charge in [-0.2, -0.15) is 0 Å². The first-order valence-corrected chi connectivity index (χ1v) is 25.6. The maximum Gasteiger partial charge on any atom is 0.262 e. The highest BCUT2D eigenvalue weighted by Gasteiger charge is 2.51. The van der Waals surface area contributed by atoms with Crippen LogP contribution in [-0.2, 0) is 39.6 Å². The smallest absolute Gasteiger partial charge is 0.262 e. The highest BCUT2D eigenvalue weighted by Crippen LogP contribution is 2.38. The molecule has 2 saturated heterocycles. The van der Waals surface area contributed by atoms with Gasteiger partial charge >= 0.3 is 0 Å². The van der Waals surface area contributed by atoms with Gasteiger partial charge in [-0.1, -0.05) is 132 Å². The second-order valence-electron chi connectivity index (χ2n) is 19.0. The van der Waals surface area contributed by atoms with E-state index in [9.17, 15) is 28.8 Å². The van der Waals surface area contributed by atoms with Crippen LogP contribution in [-0.4, -0.2) is 91.5 Å². The van der Waals surface area contributed by atoms with Crippen molar-refractivity contribution in [1.29, 1.82) is 0 Å². The molecule has 0 saturated carbocycles. The van der Waals surface area contributed by atoms with Crippen molar-refractivity contribution in [2.24, 2.45) is 0 Å². The zero-order valence-corrected chi connectivity index (χ0v) is 40.8. The van der Waals surface area contributed by atoms with Crippen molar-refractivity contribution >= 4 is 59.7 Å². The Balaban J connectivity index is 1.07. The van der Waals surface area contributed by atoms with Crippen LogP contribution >= 0.6 is 0 Å². The Hall–Kier alpha value is -6.12. The summed E-state index contributed by atoms with van der Waals surface area (Å²) < 4.78 is 12.7. The lowest BCUT2D eigenvalue weighted by Crippen LogP contribution is -2.68. The molecule has 0 radical (unpaired) electrons. The van der Waals surface area contributed by atoms with Crippen molar-refractivity contribution in [2.75, 3.05) is 18.5 Å². The fraction of sp³-hybridized carbons (Fsp3) is 0.434. The molecule has 13 nitrogen and oxygen atoms in total. The average Bonchev–Trinajstić information content (AvgIpc) is 3.82. The number of para-hydroxylation sites is 1. The Morgan fingerprint density at radius 1 is 0.806 bits per heavy atom. The quantitative estimate of drug-likeness (QED) is 0.0697. The van der Waals surface area contributed by atoms with E-state index in [2.05, 4.69) is 66.3 Å². The van der Waals surface area contributed by atoms with Crippen molar-refractivity contribution in [2.45, 2.75) is 134 Å². The molecular weight excluding hydrogens is 863 g/mol. The fourth-order valence-corrected chi connectivity index (χ4v) is 13.8. The third-order valence-corrected chi connectivity index (χ3v) is 18.2. The lowest BCUT2D eigenvalue weighted by Gasteiger charge is -2.44. The summed E-state index contributed by atoms with van der Waals surface area (Å²) in [5.41, 5.74) is -0.0152. The normalized spacial score (nSPS) is 20.9. The van der Waals surface area contributed by atoms with Crippen LogP contribution in [0.4, 0.5) is 5.69 Å². The van der Waals surface area contributed by atoms with E-state index in [4.69, 9.17) is 9.16 Å². The molecule has 5 amide bonds. The van der Waals surface area contributed by atoms with E-state index in [1.807, 2.05) is 61.5 Å². The van der Waals surface area contributed by atoms with Gasteiger partial charge in [0.2, 0.25) is 23.6 Å². The standard InChI is InChI=1S/C53H67N5O8Si/c1-7-53(6)51(64)56-44(35-38-30-32-40(33-31-38)65-36-47(60)54-39-21-12-8-13-22-39)50(63)58-34-20-28-45(58)49(62)55-43(48(61)57-53)27-18-11-19-29-46(59)37(2)66-67(52(3,4)5,41-23-14-9-15-24-41)42-25-16-10-17-26-42/h8-10,12-17,21-26,30-33,37,43-45H,7,11,18-20,27-29,34-36H2,1-6H3,(H,54,60)(H,55,62)(H,56,64)(H,57,61)/t37-,43-,44-,45+,53-/m0/s1. The topological polar surface area (TPSA) is 172 Å². The lowest BCUT2D eigenvalue weighted by atomic mass is 9.94. The molecule has 4 aromatic carbocycles. The van der Waals surface area contributed by atoms with E-state index in [0.29, 0.717) is 56.5 Å². The van der Waals surface area contributed by atoms with Gasteiger partial charge < -0.3 is 35.3 Å². The molecule has 0 bridgehead atoms. The van der Waals surface area contributed by atoms with Crippen LogP contribution in [0, 0.1) is 0 Å². The molecule has 6 rings (SSSR count). The minimum atomic E-state index is -2.93. The van der Waals surface area contributed by atoms with E-state index in [1.165, 1.54) is 4.90 Å². The number of nitrogens with zero attached hydrogens (tertiary/aromatic N) is 1. The Bertz CT molecular complexity index is 2290. The van der Waals surface area contributed by atoms with Crippen molar-refractivity contribution in [1.82, 2.24) is 20.9 Å². The first-order valence-electron chi connectivity index (χ1n) is 23.7. The van der Waals surface area contributed by atoms with E-state index in [1.54, 1.807) is 50.2 Å². The Kier molecular flexibility index (Phi) is 16.9. The second kappa shape index (κ2) is 22.6. The summed E-state index contributed by atoms with van der Waals surface area (Å²) in [4.78, 5) is 84.2. The van der Waals surface area contributed by atoms with Gasteiger partial charge in [0.05, 0.1) is 0 Å². The van der Waals surface area contributed by atoms with Gasteiger partial charge in [-0.15, -0.1) is 0 Å². The van der Waals surface area contributed by atoms with Gasteiger partial charge in [0.25, 0.3) is 14.2 Å². The molecule has 2 aliphatic rings. The molecule has 67 heavy (non-hydrogen) atoms. The number of nitrogens with one attached hydrogen (secondary N) is 4. The van der Waals surface area contributed by atoms with Crippen molar-refractivity contribution in [3.63, 3.8) is 0 Å². The highest BCUT2D eigenvalue weighted by molar-refractivity contribution is 6.99. The number of amides is 5. The summed E-state index contributed by atoms with van der Waals surface area (Å²) in [5.74, 6) is -1.66. The Morgan fingerprint density at radius 3 is 2.01 bits per heavy atom. The molecule has 4 N–H and O–H groups in total. The molecule has 2 fully saturated rings. The molecule has 4 aromatic rings. The zero-order chi connectivity index (χ0) is 48.2. The number of ether oxygens (including phenoxy) is 1. The maximum atomic E-state index is 14.3. The fourth-order valence-electron chi connectivity index (χ4n) is 9.10. The van der Waals surface area contributed by atoms with Crippen molar-refractivity contribution in [3.8, 4) is 5.75 Å². The van der Waals surface area contributed by atoms with Gasteiger partial charge in [0.1, 0.15) is 35.5 Å². The number of Topliss-reactive ketones (excluding diaryl/α,β-unsaturated/α-hetero) is 1. The summed E-state index contributed by atoms with van der Waals surface area (Å²) in [7, 11) is -2.93. The molecule has 2 aliphatic heterocycles.